The molecule has 0 bridgehead atoms. The number of carbonyl (C=O) groups is 3. The molecule has 1 aliphatic carbocycles. The lowest BCUT2D eigenvalue weighted by atomic mass is 9.64. The van der Waals surface area contributed by atoms with Crippen LogP contribution < -0.4 is 21.1 Å². The topological polar surface area (TPSA) is 137 Å². The van der Waals surface area contributed by atoms with Crippen LogP contribution in [0.25, 0.3) is 11.3 Å². The summed E-state index contributed by atoms with van der Waals surface area (Å²) in [5, 5.41) is 4.73. The highest BCUT2D eigenvalue weighted by molar-refractivity contribution is 6.03. The van der Waals surface area contributed by atoms with E-state index in [2.05, 4.69) is 13.8 Å². The third-order valence-corrected chi connectivity index (χ3v) is 8.42. The Labute approximate surface area is 244 Å². The Morgan fingerprint density at radius 3 is 2.38 bits per heavy atom. The van der Waals surface area contributed by atoms with Crippen LogP contribution in [0.15, 0.2) is 42.5 Å². The van der Waals surface area contributed by atoms with Crippen LogP contribution in [0.3, 0.4) is 0 Å². The van der Waals surface area contributed by atoms with E-state index in [4.69, 9.17) is 21.3 Å². The van der Waals surface area contributed by atoms with Crippen molar-refractivity contribution in [3.63, 3.8) is 0 Å². The molecule has 1 aliphatic heterocycles. The van der Waals surface area contributed by atoms with Crippen molar-refractivity contribution in [1.29, 1.82) is 0 Å². The summed E-state index contributed by atoms with van der Waals surface area (Å²) < 4.78 is 20.8. The highest BCUT2D eigenvalue weighted by atomic mass is 19.1. The number of carbonyl (C=O) groups excluding carboxylic acids is 3. The molecule has 0 spiro atoms. The van der Waals surface area contributed by atoms with Gasteiger partial charge in [0.2, 0.25) is 12.3 Å². The number of ether oxygens (including phenoxy) is 1. The number of primary amides is 1. The minimum absolute atomic E-state index is 0.0691. The van der Waals surface area contributed by atoms with Gasteiger partial charge in [-0.3, -0.25) is 14.4 Å². The summed E-state index contributed by atoms with van der Waals surface area (Å²) in [6.07, 6.45) is 3.82. The van der Waals surface area contributed by atoms with E-state index in [0.29, 0.717) is 55.0 Å². The fourth-order valence-corrected chi connectivity index (χ4v) is 6.24. The lowest BCUT2D eigenvalue weighted by molar-refractivity contribution is -0.143. The summed E-state index contributed by atoms with van der Waals surface area (Å²) in [6.45, 7) is 5.76. The summed E-state index contributed by atoms with van der Waals surface area (Å²) in [7, 11) is 1.45. The Morgan fingerprint density at radius 2 is 1.81 bits per heavy atom. The van der Waals surface area contributed by atoms with Gasteiger partial charge in [-0.1, -0.05) is 38.1 Å². The van der Waals surface area contributed by atoms with E-state index in [0.717, 1.165) is 18.4 Å². The lowest BCUT2D eigenvalue weighted by Crippen LogP contribution is -2.47. The monoisotopic (exact) mass is 576 g/mol. The molecule has 0 unspecified atom stereocenters. The smallest absolute Gasteiger partial charge is 0.254 e. The quantitative estimate of drug-likeness (QED) is 0.368. The van der Waals surface area contributed by atoms with E-state index in [-0.39, 0.29) is 41.2 Å². The van der Waals surface area contributed by atoms with E-state index in [1.807, 2.05) is 4.90 Å². The van der Waals surface area contributed by atoms with Gasteiger partial charge in [0.25, 0.3) is 5.91 Å². The van der Waals surface area contributed by atoms with E-state index in [1.165, 1.54) is 30.2 Å². The van der Waals surface area contributed by atoms with Crippen molar-refractivity contribution < 1.29 is 23.5 Å². The molecule has 2 heterocycles. The molecule has 11 heteroatoms. The summed E-state index contributed by atoms with van der Waals surface area (Å²) in [5.74, 6) is -0.254. The van der Waals surface area contributed by atoms with Crippen molar-refractivity contribution in [2.45, 2.75) is 52.1 Å². The van der Waals surface area contributed by atoms with Gasteiger partial charge in [-0.15, -0.1) is 0 Å². The van der Waals surface area contributed by atoms with Crippen LogP contribution in [0, 0.1) is 17.2 Å². The average molecular weight is 577 g/mol. The first kappa shape index (κ1) is 29.1. The number of nitrogen functional groups attached to an aromatic ring is 1. The van der Waals surface area contributed by atoms with Gasteiger partial charge in [-0.05, 0) is 48.8 Å². The molecule has 0 atom stereocenters. The van der Waals surface area contributed by atoms with E-state index < -0.39 is 11.7 Å². The Bertz CT molecular complexity index is 1490. The summed E-state index contributed by atoms with van der Waals surface area (Å²) >= 11 is 0. The van der Waals surface area contributed by atoms with Gasteiger partial charge >= 0.3 is 0 Å². The molecule has 10 nitrogen and oxygen atoms in total. The number of hydrogen-bond donors (Lipinski definition) is 2. The van der Waals surface area contributed by atoms with Crippen molar-refractivity contribution in [2.24, 2.45) is 17.1 Å². The Hall–Kier alpha value is -4.41. The molecule has 42 heavy (non-hydrogen) atoms. The molecule has 2 aromatic carbocycles. The summed E-state index contributed by atoms with van der Waals surface area (Å²) in [6, 6.07) is 11.0. The number of likely N-dealkylation sites (tertiary alicyclic amines) is 1. The van der Waals surface area contributed by atoms with E-state index in [9.17, 15) is 18.8 Å². The normalized spacial score (nSPS) is 17.0. The van der Waals surface area contributed by atoms with Crippen LogP contribution in [-0.2, 0) is 16.1 Å². The first-order valence-electron chi connectivity index (χ1n) is 14.1. The molecule has 3 aromatic rings. The number of anilines is 2. The number of halogens is 1. The summed E-state index contributed by atoms with van der Waals surface area (Å²) in [4.78, 5) is 40.5. The van der Waals surface area contributed by atoms with Gasteiger partial charge in [0.1, 0.15) is 28.6 Å². The molecule has 4 N–H and O–H groups in total. The van der Waals surface area contributed by atoms with Crippen molar-refractivity contribution in [2.75, 3.05) is 30.8 Å². The zero-order chi connectivity index (χ0) is 30.2. The van der Waals surface area contributed by atoms with Gasteiger partial charge in [0.05, 0.1) is 25.4 Å². The molecule has 1 saturated carbocycles. The maximum absolute atomic E-state index is 13.9. The second kappa shape index (κ2) is 11.5. The fourth-order valence-electron chi connectivity index (χ4n) is 6.24. The SMILES string of the molecule is COc1ccc(F)cc1N(C=O)Cc1ccc(-c2nn(C3CCN(C(=O)C4CC(C)(C)C4)CC3)c(N)c2C(N)=O)cc1. The third kappa shape index (κ3) is 5.68. The highest BCUT2D eigenvalue weighted by Gasteiger charge is 2.42. The van der Waals surface area contributed by atoms with Crippen LogP contribution in [0.2, 0.25) is 0 Å². The standard InChI is InChI=1S/C31H37FN6O4/c1-31(2)15-21(16-31)30(41)36-12-10-23(11-13-36)38-28(33)26(29(34)40)27(35-38)20-6-4-19(5-7-20)17-37(18-39)24-14-22(32)8-9-25(24)42-3/h4-9,14,18,21,23H,10-13,15-17,33H2,1-3H3,(H2,34,40). The van der Waals surface area contributed by atoms with Gasteiger partial charge in [0, 0.05) is 30.6 Å². The molecule has 5 rings (SSSR count). The van der Waals surface area contributed by atoms with Crippen molar-refractivity contribution in [3.8, 4) is 17.0 Å². The largest absolute Gasteiger partial charge is 0.495 e. The van der Waals surface area contributed by atoms with Gasteiger partial charge in [-0.25, -0.2) is 9.07 Å². The average Bonchev–Trinajstić information content (AvgIpc) is 3.31. The molecular formula is C31H37FN6O4. The first-order valence-corrected chi connectivity index (χ1v) is 14.1. The molecule has 0 radical (unpaired) electrons. The van der Waals surface area contributed by atoms with Crippen LogP contribution in [0.1, 0.15) is 61.5 Å². The molecule has 1 aromatic heterocycles. The number of hydrogen-bond acceptors (Lipinski definition) is 6. The molecule has 2 fully saturated rings. The number of piperidine rings is 1. The number of benzene rings is 2. The maximum atomic E-state index is 13.9. The number of amides is 3. The van der Waals surface area contributed by atoms with Crippen LogP contribution in [-0.4, -0.2) is 53.1 Å². The van der Waals surface area contributed by atoms with Gasteiger partial charge in [0.15, 0.2) is 0 Å². The zero-order valence-corrected chi connectivity index (χ0v) is 24.2. The predicted molar refractivity (Wildman–Crippen MR) is 157 cm³/mol. The number of nitrogens with zero attached hydrogens (tertiary/aromatic N) is 4. The second-order valence-electron chi connectivity index (χ2n) is 12.0. The van der Waals surface area contributed by atoms with Gasteiger partial charge < -0.3 is 26.0 Å². The molecule has 222 valence electrons. The minimum Gasteiger partial charge on any atom is -0.495 e. The van der Waals surface area contributed by atoms with Crippen molar-refractivity contribution in [1.82, 2.24) is 14.7 Å². The Morgan fingerprint density at radius 1 is 1.14 bits per heavy atom. The van der Waals surface area contributed by atoms with Crippen molar-refractivity contribution >= 4 is 29.7 Å². The summed E-state index contributed by atoms with van der Waals surface area (Å²) in [5.41, 5.74) is 14.6. The number of methoxy groups -OCH3 is 1. The third-order valence-electron chi connectivity index (χ3n) is 8.42. The highest BCUT2D eigenvalue weighted by Crippen LogP contribution is 2.46. The maximum Gasteiger partial charge on any atom is 0.254 e. The first-order chi connectivity index (χ1) is 20.0. The molecule has 3 amide bonds. The van der Waals surface area contributed by atoms with Gasteiger partial charge in [-0.2, -0.15) is 5.10 Å². The van der Waals surface area contributed by atoms with E-state index >= 15 is 0 Å². The van der Waals surface area contributed by atoms with Crippen LogP contribution in [0.5, 0.6) is 5.75 Å². The van der Waals surface area contributed by atoms with Crippen LogP contribution >= 0.6 is 0 Å². The second-order valence-corrected chi connectivity index (χ2v) is 12.0. The zero-order valence-electron chi connectivity index (χ0n) is 24.2. The molecule has 1 saturated heterocycles. The fraction of sp³-hybridized carbons (Fsp3) is 0.419. The molecular weight excluding hydrogens is 539 g/mol. The van der Waals surface area contributed by atoms with Crippen LogP contribution in [0.4, 0.5) is 15.9 Å². The number of aromatic nitrogens is 2. The minimum atomic E-state index is -0.677. The number of nitrogens with two attached hydrogens (primary N) is 2. The predicted octanol–water partition coefficient (Wildman–Crippen LogP) is 4.14. The van der Waals surface area contributed by atoms with Crippen molar-refractivity contribution in [3.05, 3.63) is 59.4 Å². The molecule has 2 aliphatic rings. The van der Waals surface area contributed by atoms with E-state index in [1.54, 1.807) is 28.9 Å². The lowest BCUT2D eigenvalue weighted by Gasteiger charge is -2.44. The number of rotatable bonds is 9. The Balaban J connectivity index is 1.32. The Kier molecular flexibility index (Phi) is 7.94.